The molecule has 1 fully saturated rings. The van der Waals surface area contributed by atoms with Crippen molar-refractivity contribution in [3.05, 3.63) is 78.3 Å². The van der Waals surface area contributed by atoms with Crippen LogP contribution in [0.25, 0.3) is 0 Å². The van der Waals surface area contributed by atoms with Crippen LogP contribution in [0, 0.1) is 5.82 Å². The lowest BCUT2D eigenvalue weighted by Gasteiger charge is -2.35. The van der Waals surface area contributed by atoms with E-state index in [1.807, 2.05) is 12.1 Å². The zero-order valence-corrected chi connectivity index (χ0v) is 15.8. The first kappa shape index (κ1) is 18.8. The number of amides is 1. The number of hydrogen-bond donors (Lipinski definition) is 1. The van der Waals surface area contributed by atoms with Crippen LogP contribution >= 0.6 is 0 Å². The van der Waals surface area contributed by atoms with E-state index in [4.69, 9.17) is 0 Å². The summed E-state index contributed by atoms with van der Waals surface area (Å²) in [5, 5.41) is 3.16. The van der Waals surface area contributed by atoms with Crippen LogP contribution in [0.3, 0.4) is 0 Å². The standard InChI is InChI=1S/C21H21FN6O/c22-17-3-5-18(6-4-17)27-8-10-28(11-9-27)21(29)19-14-26-20(15-24-19)25-13-16-2-1-7-23-12-16/h1-7,12,14-15H,8-11,13H2,(H,25,26). The van der Waals surface area contributed by atoms with Gasteiger partial charge < -0.3 is 15.1 Å². The number of rotatable bonds is 5. The lowest BCUT2D eigenvalue weighted by Crippen LogP contribution is -2.49. The van der Waals surface area contributed by atoms with E-state index in [1.54, 1.807) is 35.6 Å². The van der Waals surface area contributed by atoms with Gasteiger partial charge in [0.15, 0.2) is 0 Å². The third-order valence-corrected chi connectivity index (χ3v) is 4.83. The van der Waals surface area contributed by atoms with Crippen molar-refractivity contribution in [1.29, 1.82) is 0 Å². The minimum atomic E-state index is -0.250. The number of piperazine rings is 1. The molecule has 7 nitrogen and oxygen atoms in total. The summed E-state index contributed by atoms with van der Waals surface area (Å²) in [6.45, 7) is 3.13. The normalized spacial score (nSPS) is 14.0. The minimum Gasteiger partial charge on any atom is -0.368 e. The Morgan fingerprint density at radius 1 is 1.00 bits per heavy atom. The fraction of sp³-hybridized carbons (Fsp3) is 0.238. The van der Waals surface area contributed by atoms with Gasteiger partial charge >= 0.3 is 0 Å². The summed E-state index contributed by atoms with van der Waals surface area (Å²) in [5.74, 6) is 0.223. The van der Waals surface area contributed by atoms with Crippen LogP contribution in [0.4, 0.5) is 15.9 Å². The second kappa shape index (κ2) is 8.64. The maximum atomic E-state index is 13.1. The van der Waals surface area contributed by atoms with Gasteiger partial charge in [0.2, 0.25) is 0 Å². The molecule has 3 aromatic rings. The molecule has 1 aliphatic rings. The van der Waals surface area contributed by atoms with E-state index >= 15 is 0 Å². The Balaban J connectivity index is 1.31. The molecule has 0 atom stereocenters. The van der Waals surface area contributed by atoms with E-state index < -0.39 is 0 Å². The molecule has 2 aromatic heterocycles. The fourth-order valence-corrected chi connectivity index (χ4v) is 3.21. The highest BCUT2D eigenvalue weighted by Crippen LogP contribution is 2.17. The summed E-state index contributed by atoms with van der Waals surface area (Å²) in [6.07, 6.45) is 6.58. The monoisotopic (exact) mass is 392 g/mol. The number of anilines is 2. The fourth-order valence-electron chi connectivity index (χ4n) is 3.21. The van der Waals surface area contributed by atoms with E-state index in [1.165, 1.54) is 18.3 Å². The largest absolute Gasteiger partial charge is 0.368 e. The Morgan fingerprint density at radius 2 is 1.79 bits per heavy atom. The third-order valence-electron chi connectivity index (χ3n) is 4.83. The first-order valence-corrected chi connectivity index (χ1v) is 9.44. The van der Waals surface area contributed by atoms with E-state index in [0.29, 0.717) is 44.2 Å². The predicted octanol–water partition coefficient (Wildman–Crippen LogP) is 2.59. The van der Waals surface area contributed by atoms with Crippen LogP contribution in [0.1, 0.15) is 16.1 Å². The summed E-state index contributed by atoms with van der Waals surface area (Å²) in [7, 11) is 0. The van der Waals surface area contributed by atoms with Crippen LogP contribution in [0.2, 0.25) is 0 Å². The van der Waals surface area contributed by atoms with E-state index in [0.717, 1.165) is 11.3 Å². The molecule has 1 saturated heterocycles. The predicted molar refractivity (Wildman–Crippen MR) is 108 cm³/mol. The SMILES string of the molecule is O=C(c1cnc(NCc2cccnc2)cn1)N1CCN(c2ccc(F)cc2)CC1. The van der Waals surface area contributed by atoms with Gasteiger partial charge in [-0.05, 0) is 35.9 Å². The molecule has 0 radical (unpaired) electrons. The second-order valence-corrected chi connectivity index (χ2v) is 6.76. The summed E-state index contributed by atoms with van der Waals surface area (Å²) in [6, 6.07) is 10.3. The highest BCUT2D eigenvalue weighted by Gasteiger charge is 2.23. The molecule has 4 rings (SSSR count). The Hall–Kier alpha value is -3.55. The van der Waals surface area contributed by atoms with Crippen LogP contribution in [-0.4, -0.2) is 51.9 Å². The molecule has 0 unspecified atom stereocenters. The van der Waals surface area contributed by atoms with Crippen molar-refractivity contribution in [2.75, 3.05) is 36.4 Å². The molecular formula is C21H21FN6O. The molecule has 29 heavy (non-hydrogen) atoms. The summed E-state index contributed by atoms with van der Waals surface area (Å²) >= 11 is 0. The molecular weight excluding hydrogens is 371 g/mol. The second-order valence-electron chi connectivity index (χ2n) is 6.76. The van der Waals surface area contributed by atoms with Gasteiger partial charge in [0.05, 0.1) is 12.4 Å². The Morgan fingerprint density at radius 3 is 2.45 bits per heavy atom. The first-order valence-electron chi connectivity index (χ1n) is 9.44. The average Bonchev–Trinajstić information content (AvgIpc) is 2.79. The van der Waals surface area contributed by atoms with Crippen molar-refractivity contribution in [3.8, 4) is 0 Å². The van der Waals surface area contributed by atoms with Gasteiger partial charge in [-0.1, -0.05) is 6.07 Å². The zero-order valence-electron chi connectivity index (χ0n) is 15.8. The molecule has 148 valence electrons. The lowest BCUT2D eigenvalue weighted by atomic mass is 10.2. The molecule has 8 heteroatoms. The average molecular weight is 392 g/mol. The van der Waals surface area contributed by atoms with E-state index in [9.17, 15) is 9.18 Å². The highest BCUT2D eigenvalue weighted by atomic mass is 19.1. The van der Waals surface area contributed by atoms with Gasteiger partial charge in [-0.15, -0.1) is 0 Å². The van der Waals surface area contributed by atoms with Crippen molar-refractivity contribution in [3.63, 3.8) is 0 Å². The van der Waals surface area contributed by atoms with Crippen molar-refractivity contribution >= 4 is 17.4 Å². The number of aromatic nitrogens is 3. The molecule has 1 aromatic carbocycles. The lowest BCUT2D eigenvalue weighted by molar-refractivity contribution is 0.0740. The zero-order chi connectivity index (χ0) is 20.1. The topological polar surface area (TPSA) is 74.2 Å². The van der Waals surface area contributed by atoms with Gasteiger partial charge in [-0.3, -0.25) is 9.78 Å². The maximum Gasteiger partial charge on any atom is 0.274 e. The van der Waals surface area contributed by atoms with Crippen LogP contribution in [0.5, 0.6) is 0 Å². The first-order chi connectivity index (χ1) is 14.2. The highest BCUT2D eigenvalue weighted by molar-refractivity contribution is 5.92. The van der Waals surface area contributed by atoms with Crippen molar-refractivity contribution in [1.82, 2.24) is 19.9 Å². The number of nitrogens with one attached hydrogen (secondary N) is 1. The van der Waals surface area contributed by atoms with Crippen molar-refractivity contribution in [2.45, 2.75) is 6.54 Å². The Kier molecular flexibility index (Phi) is 5.60. The van der Waals surface area contributed by atoms with Crippen LogP contribution in [0.15, 0.2) is 61.2 Å². The smallest absolute Gasteiger partial charge is 0.274 e. The maximum absolute atomic E-state index is 13.1. The Labute approximate surface area is 168 Å². The number of carbonyl (C=O) groups excluding carboxylic acids is 1. The molecule has 1 aliphatic heterocycles. The van der Waals surface area contributed by atoms with E-state index in [-0.39, 0.29) is 11.7 Å². The summed E-state index contributed by atoms with van der Waals surface area (Å²) < 4.78 is 13.1. The molecule has 0 aliphatic carbocycles. The molecule has 0 spiro atoms. The van der Waals surface area contributed by atoms with Crippen LogP contribution < -0.4 is 10.2 Å². The van der Waals surface area contributed by atoms with Crippen molar-refractivity contribution < 1.29 is 9.18 Å². The van der Waals surface area contributed by atoms with Gasteiger partial charge in [0.1, 0.15) is 17.3 Å². The van der Waals surface area contributed by atoms with Crippen molar-refractivity contribution in [2.24, 2.45) is 0 Å². The summed E-state index contributed by atoms with van der Waals surface area (Å²) in [4.78, 5) is 29.2. The third kappa shape index (κ3) is 4.66. The molecule has 0 bridgehead atoms. The number of carbonyl (C=O) groups is 1. The number of benzene rings is 1. The Bertz CT molecular complexity index is 941. The van der Waals surface area contributed by atoms with Crippen LogP contribution in [-0.2, 0) is 6.54 Å². The van der Waals surface area contributed by atoms with Gasteiger partial charge in [-0.25, -0.2) is 14.4 Å². The van der Waals surface area contributed by atoms with Gasteiger partial charge in [-0.2, -0.15) is 0 Å². The minimum absolute atomic E-state index is 0.130. The molecule has 3 heterocycles. The number of nitrogens with zero attached hydrogens (tertiary/aromatic N) is 5. The number of halogens is 1. The molecule has 1 amide bonds. The molecule has 0 saturated carbocycles. The summed E-state index contributed by atoms with van der Waals surface area (Å²) in [5.41, 5.74) is 2.32. The number of pyridine rings is 1. The number of hydrogen-bond acceptors (Lipinski definition) is 6. The van der Waals surface area contributed by atoms with Gasteiger partial charge in [0.25, 0.3) is 5.91 Å². The molecule has 1 N–H and O–H groups in total. The van der Waals surface area contributed by atoms with E-state index in [2.05, 4.69) is 25.2 Å². The quantitative estimate of drug-likeness (QED) is 0.720. The van der Waals surface area contributed by atoms with Gasteiger partial charge in [0, 0.05) is 50.8 Å².